The molecule has 1 atom stereocenters. The number of halogens is 1. The zero-order valence-corrected chi connectivity index (χ0v) is 16.6. The van der Waals surface area contributed by atoms with Gasteiger partial charge in [0.2, 0.25) is 11.0 Å². The van der Waals surface area contributed by atoms with Crippen LogP contribution >= 0.6 is 23.1 Å². The van der Waals surface area contributed by atoms with Gasteiger partial charge in [-0.1, -0.05) is 62.9 Å². The lowest BCUT2D eigenvalue weighted by atomic mass is 9.84. The molecule has 2 aromatic rings. The molecule has 0 spiro atoms. The fourth-order valence-electron chi connectivity index (χ4n) is 2.69. The topological polar surface area (TPSA) is 54.9 Å². The number of hydrogen-bond acceptors (Lipinski definition) is 5. The summed E-state index contributed by atoms with van der Waals surface area (Å²) in [6, 6.07) is 6.49. The summed E-state index contributed by atoms with van der Waals surface area (Å²) in [6.07, 6.45) is 1.47. The van der Waals surface area contributed by atoms with Gasteiger partial charge < -0.3 is 5.32 Å². The molecule has 0 bridgehead atoms. The minimum Gasteiger partial charge on any atom is -0.300 e. The molecule has 1 N–H and O–H groups in total. The summed E-state index contributed by atoms with van der Waals surface area (Å²) in [7, 11) is 0. The molecule has 0 saturated heterocycles. The molecule has 1 aromatic heterocycles. The largest absolute Gasteiger partial charge is 0.300 e. The Morgan fingerprint density at radius 3 is 2.80 bits per heavy atom. The van der Waals surface area contributed by atoms with E-state index in [9.17, 15) is 9.18 Å². The van der Waals surface area contributed by atoms with Crippen LogP contribution in [-0.2, 0) is 10.5 Å². The number of aromatic nitrogens is 2. The highest BCUT2D eigenvalue weighted by atomic mass is 32.2. The summed E-state index contributed by atoms with van der Waals surface area (Å²) in [6.45, 7) is 8.61. The summed E-state index contributed by atoms with van der Waals surface area (Å²) in [4.78, 5) is 12.1. The molecule has 0 aliphatic heterocycles. The zero-order valence-electron chi connectivity index (χ0n) is 15.0. The molecule has 7 heteroatoms. The standard InChI is InChI=1S/C18H24FN3OS2/c1-12(10-18(2,3)4)8-15(23)20-16-21-22-17(25-16)24-11-13-6-5-7-14(19)9-13/h5-7,9,12H,8,10-11H2,1-4H3,(H,20,21,23)/t12-/m1/s1. The van der Waals surface area contributed by atoms with E-state index in [0.29, 0.717) is 23.2 Å². The minimum atomic E-state index is -0.243. The second kappa shape index (κ2) is 8.76. The number of anilines is 1. The molecule has 1 amide bonds. The van der Waals surface area contributed by atoms with Crippen molar-refractivity contribution in [2.75, 3.05) is 5.32 Å². The molecule has 0 aliphatic carbocycles. The maximum absolute atomic E-state index is 13.2. The number of carbonyl (C=O) groups is 1. The van der Waals surface area contributed by atoms with E-state index >= 15 is 0 Å². The van der Waals surface area contributed by atoms with Crippen LogP contribution in [0.1, 0.15) is 46.1 Å². The van der Waals surface area contributed by atoms with Crippen molar-refractivity contribution < 1.29 is 9.18 Å². The van der Waals surface area contributed by atoms with Gasteiger partial charge in [-0.25, -0.2) is 4.39 Å². The van der Waals surface area contributed by atoms with Gasteiger partial charge in [-0.3, -0.25) is 4.79 Å². The Labute approximate surface area is 156 Å². The Morgan fingerprint density at radius 1 is 1.36 bits per heavy atom. The number of hydrogen-bond donors (Lipinski definition) is 1. The Hall–Kier alpha value is -1.47. The zero-order chi connectivity index (χ0) is 18.4. The number of rotatable bonds is 7. The van der Waals surface area contributed by atoms with Crippen LogP contribution in [0.3, 0.4) is 0 Å². The van der Waals surface area contributed by atoms with Gasteiger partial charge in [0, 0.05) is 12.2 Å². The highest BCUT2D eigenvalue weighted by molar-refractivity contribution is 8.00. The van der Waals surface area contributed by atoms with Crippen LogP contribution in [-0.4, -0.2) is 16.1 Å². The maximum Gasteiger partial charge on any atom is 0.226 e. The monoisotopic (exact) mass is 381 g/mol. The SMILES string of the molecule is C[C@H](CC(=O)Nc1nnc(SCc2cccc(F)c2)s1)CC(C)(C)C. The van der Waals surface area contributed by atoms with Crippen LogP contribution in [0.5, 0.6) is 0 Å². The molecule has 0 unspecified atom stereocenters. The third-order valence-electron chi connectivity index (χ3n) is 3.40. The maximum atomic E-state index is 13.2. The van der Waals surface area contributed by atoms with Crippen molar-refractivity contribution in [3.05, 3.63) is 35.6 Å². The van der Waals surface area contributed by atoms with Crippen molar-refractivity contribution >= 4 is 34.1 Å². The first kappa shape index (κ1) is 19.8. The lowest BCUT2D eigenvalue weighted by Crippen LogP contribution is -2.18. The highest BCUT2D eigenvalue weighted by Crippen LogP contribution is 2.29. The van der Waals surface area contributed by atoms with Gasteiger partial charge in [0.05, 0.1) is 0 Å². The summed E-state index contributed by atoms with van der Waals surface area (Å²) in [5.74, 6) is 0.653. The third-order valence-corrected chi connectivity index (χ3v) is 5.44. The van der Waals surface area contributed by atoms with E-state index < -0.39 is 0 Å². The normalized spacial score (nSPS) is 12.8. The molecule has 25 heavy (non-hydrogen) atoms. The minimum absolute atomic E-state index is 0.0328. The number of carbonyl (C=O) groups excluding carboxylic acids is 1. The number of benzene rings is 1. The van der Waals surface area contributed by atoms with Crippen molar-refractivity contribution in [3.8, 4) is 0 Å². The average molecular weight is 382 g/mol. The van der Waals surface area contributed by atoms with Gasteiger partial charge in [0.25, 0.3) is 0 Å². The summed E-state index contributed by atoms with van der Waals surface area (Å²) in [5.41, 5.74) is 1.10. The van der Waals surface area contributed by atoms with Gasteiger partial charge in [0.15, 0.2) is 4.34 Å². The predicted octanol–water partition coefficient (Wildman–Crippen LogP) is 5.37. The van der Waals surface area contributed by atoms with Crippen LogP contribution in [0.25, 0.3) is 0 Å². The predicted molar refractivity (Wildman–Crippen MR) is 102 cm³/mol. The first-order valence-corrected chi connectivity index (χ1v) is 10.0. The van der Waals surface area contributed by atoms with E-state index in [1.54, 1.807) is 6.07 Å². The quantitative estimate of drug-likeness (QED) is 0.517. The van der Waals surface area contributed by atoms with Crippen LogP contribution in [0, 0.1) is 17.2 Å². The molecule has 4 nitrogen and oxygen atoms in total. The number of thioether (sulfide) groups is 1. The van der Waals surface area contributed by atoms with Crippen LogP contribution in [0.2, 0.25) is 0 Å². The first-order valence-electron chi connectivity index (χ1n) is 8.22. The van der Waals surface area contributed by atoms with Crippen LogP contribution < -0.4 is 5.32 Å². The molecular formula is C18H24FN3OS2. The molecule has 1 aromatic carbocycles. The van der Waals surface area contributed by atoms with E-state index in [-0.39, 0.29) is 17.1 Å². The molecule has 0 fully saturated rings. The van der Waals surface area contributed by atoms with E-state index in [1.807, 2.05) is 6.07 Å². The molecule has 136 valence electrons. The van der Waals surface area contributed by atoms with Crippen molar-refractivity contribution in [3.63, 3.8) is 0 Å². The Balaban J connectivity index is 1.81. The van der Waals surface area contributed by atoms with Gasteiger partial charge in [-0.05, 0) is 35.4 Å². The summed E-state index contributed by atoms with van der Waals surface area (Å²) < 4.78 is 13.9. The summed E-state index contributed by atoms with van der Waals surface area (Å²) >= 11 is 2.82. The Morgan fingerprint density at radius 2 is 2.12 bits per heavy atom. The van der Waals surface area contributed by atoms with Crippen molar-refractivity contribution in [1.82, 2.24) is 10.2 Å². The van der Waals surface area contributed by atoms with Crippen molar-refractivity contribution in [2.45, 2.75) is 50.6 Å². The molecule has 0 saturated carbocycles. The number of nitrogens with one attached hydrogen (secondary N) is 1. The lowest BCUT2D eigenvalue weighted by molar-refractivity contribution is -0.117. The molecule has 2 rings (SSSR count). The lowest BCUT2D eigenvalue weighted by Gasteiger charge is -2.22. The second-order valence-electron chi connectivity index (χ2n) is 7.41. The van der Waals surface area contributed by atoms with E-state index in [1.165, 1.54) is 35.2 Å². The smallest absolute Gasteiger partial charge is 0.226 e. The number of amides is 1. The van der Waals surface area contributed by atoms with Gasteiger partial charge >= 0.3 is 0 Å². The Kier molecular flexibility index (Phi) is 6.95. The molecule has 1 heterocycles. The van der Waals surface area contributed by atoms with Gasteiger partial charge in [-0.15, -0.1) is 10.2 Å². The van der Waals surface area contributed by atoms with Crippen molar-refractivity contribution in [1.29, 1.82) is 0 Å². The van der Waals surface area contributed by atoms with E-state index in [2.05, 4.69) is 43.2 Å². The van der Waals surface area contributed by atoms with Crippen LogP contribution in [0.4, 0.5) is 9.52 Å². The van der Waals surface area contributed by atoms with E-state index in [0.717, 1.165) is 16.3 Å². The fraction of sp³-hybridized carbons (Fsp3) is 0.500. The number of nitrogens with zero attached hydrogens (tertiary/aromatic N) is 2. The molecular weight excluding hydrogens is 357 g/mol. The molecule has 0 radical (unpaired) electrons. The fourth-order valence-corrected chi connectivity index (χ4v) is 4.41. The second-order valence-corrected chi connectivity index (χ2v) is 9.61. The van der Waals surface area contributed by atoms with Gasteiger partial charge in [-0.2, -0.15) is 0 Å². The Bertz CT molecular complexity index is 712. The van der Waals surface area contributed by atoms with Crippen LogP contribution in [0.15, 0.2) is 28.6 Å². The van der Waals surface area contributed by atoms with Gasteiger partial charge in [0.1, 0.15) is 5.82 Å². The summed E-state index contributed by atoms with van der Waals surface area (Å²) in [5, 5.41) is 11.4. The highest BCUT2D eigenvalue weighted by Gasteiger charge is 2.18. The molecule has 0 aliphatic rings. The van der Waals surface area contributed by atoms with Crippen molar-refractivity contribution in [2.24, 2.45) is 11.3 Å². The van der Waals surface area contributed by atoms with E-state index in [4.69, 9.17) is 0 Å². The third kappa shape index (κ3) is 7.52. The average Bonchev–Trinajstić information content (AvgIpc) is 2.90. The first-order chi connectivity index (χ1) is 11.7.